The van der Waals surface area contributed by atoms with Crippen molar-refractivity contribution in [2.75, 3.05) is 41.8 Å². The van der Waals surface area contributed by atoms with E-state index in [-0.39, 0.29) is 11.6 Å². The summed E-state index contributed by atoms with van der Waals surface area (Å²) in [4.78, 5) is 23.4. The normalized spacial score (nSPS) is 13.9. The van der Waals surface area contributed by atoms with E-state index in [1.165, 1.54) is 4.68 Å². The molecule has 0 aliphatic carbocycles. The highest BCUT2D eigenvalue weighted by Gasteiger charge is 2.15. The van der Waals surface area contributed by atoms with Crippen LogP contribution < -0.4 is 15.5 Å². The minimum atomic E-state index is -0.305. The molecular weight excluding hydrogens is 372 g/mol. The van der Waals surface area contributed by atoms with E-state index in [4.69, 9.17) is 4.74 Å². The predicted molar refractivity (Wildman–Crippen MR) is 108 cm³/mol. The van der Waals surface area contributed by atoms with Crippen molar-refractivity contribution in [3.8, 4) is 0 Å². The number of ether oxygens (including phenoxy) is 1. The molecule has 3 aromatic rings. The number of hydrogen-bond acceptors (Lipinski definition) is 8. The molecule has 0 atom stereocenters. The monoisotopic (exact) mass is 394 g/mol. The molecule has 1 fully saturated rings. The van der Waals surface area contributed by atoms with Gasteiger partial charge in [0.2, 0.25) is 5.95 Å². The minimum Gasteiger partial charge on any atom is -0.378 e. The van der Waals surface area contributed by atoms with Crippen molar-refractivity contribution in [3.05, 3.63) is 47.9 Å². The van der Waals surface area contributed by atoms with E-state index in [0.29, 0.717) is 24.8 Å². The Kier molecular flexibility index (Phi) is 5.34. The number of amides is 1. The van der Waals surface area contributed by atoms with Crippen molar-refractivity contribution >= 4 is 29.0 Å². The van der Waals surface area contributed by atoms with Crippen LogP contribution >= 0.6 is 0 Å². The molecule has 1 aliphatic heterocycles. The topological polar surface area (TPSA) is 110 Å². The van der Waals surface area contributed by atoms with Gasteiger partial charge in [-0.15, -0.1) is 5.10 Å². The van der Waals surface area contributed by atoms with Crippen LogP contribution in [0.5, 0.6) is 0 Å². The van der Waals surface area contributed by atoms with Gasteiger partial charge in [-0.05, 0) is 31.2 Å². The standard InChI is InChI=1S/C19H22N8O2/c1-13-11-17(23-19(20-13)27-7-9-29-10-8-27)21-14-3-5-15(6-4-14)22-18(28)16-12-26(2)25-24-16/h3-6,11-12H,7-10H2,1-2H3,(H,22,28)(H,20,21,23). The van der Waals surface area contributed by atoms with Crippen LogP contribution in [0.4, 0.5) is 23.1 Å². The molecule has 0 spiro atoms. The molecule has 0 bridgehead atoms. The van der Waals surface area contributed by atoms with Crippen molar-refractivity contribution in [1.82, 2.24) is 25.0 Å². The van der Waals surface area contributed by atoms with E-state index in [9.17, 15) is 4.79 Å². The summed E-state index contributed by atoms with van der Waals surface area (Å²) in [6.45, 7) is 4.87. The van der Waals surface area contributed by atoms with Crippen LogP contribution in [0.2, 0.25) is 0 Å². The lowest BCUT2D eigenvalue weighted by atomic mass is 10.2. The summed E-state index contributed by atoms with van der Waals surface area (Å²) in [7, 11) is 1.71. The van der Waals surface area contributed by atoms with Crippen LogP contribution in [-0.4, -0.2) is 57.2 Å². The molecule has 1 saturated heterocycles. The highest BCUT2D eigenvalue weighted by Crippen LogP contribution is 2.21. The molecule has 150 valence electrons. The van der Waals surface area contributed by atoms with Gasteiger partial charge < -0.3 is 20.3 Å². The summed E-state index contributed by atoms with van der Waals surface area (Å²) in [5.74, 6) is 1.11. The molecule has 3 heterocycles. The Labute approximate surface area is 167 Å². The second-order valence-corrected chi connectivity index (χ2v) is 6.73. The Morgan fingerprint density at radius 3 is 2.52 bits per heavy atom. The predicted octanol–water partition coefficient (Wildman–Crippen LogP) is 1.75. The molecule has 2 N–H and O–H groups in total. The Balaban J connectivity index is 1.43. The average Bonchev–Trinajstić information content (AvgIpc) is 3.16. The zero-order chi connectivity index (χ0) is 20.2. The summed E-state index contributed by atoms with van der Waals surface area (Å²) in [6.07, 6.45) is 1.56. The van der Waals surface area contributed by atoms with E-state index in [1.54, 1.807) is 13.2 Å². The highest BCUT2D eigenvalue weighted by atomic mass is 16.5. The number of anilines is 4. The fraction of sp³-hybridized carbons (Fsp3) is 0.316. The lowest BCUT2D eigenvalue weighted by molar-refractivity contribution is 0.102. The second kappa shape index (κ2) is 8.23. The maximum atomic E-state index is 12.2. The number of hydrogen-bond donors (Lipinski definition) is 2. The van der Waals surface area contributed by atoms with Gasteiger partial charge in [-0.25, -0.2) is 4.98 Å². The van der Waals surface area contributed by atoms with E-state index in [1.807, 2.05) is 37.3 Å². The van der Waals surface area contributed by atoms with Crippen LogP contribution in [0.3, 0.4) is 0 Å². The zero-order valence-corrected chi connectivity index (χ0v) is 16.3. The minimum absolute atomic E-state index is 0.266. The van der Waals surface area contributed by atoms with Crippen LogP contribution in [-0.2, 0) is 11.8 Å². The molecule has 10 nitrogen and oxygen atoms in total. The van der Waals surface area contributed by atoms with Gasteiger partial charge in [0, 0.05) is 43.3 Å². The van der Waals surface area contributed by atoms with Gasteiger partial charge in [0.1, 0.15) is 5.82 Å². The third kappa shape index (κ3) is 4.66. The first-order valence-electron chi connectivity index (χ1n) is 9.30. The molecule has 1 aromatic carbocycles. The first kappa shape index (κ1) is 18.8. The third-order valence-corrected chi connectivity index (χ3v) is 4.39. The van der Waals surface area contributed by atoms with Crippen LogP contribution in [0.25, 0.3) is 0 Å². The maximum Gasteiger partial charge on any atom is 0.277 e. The molecular formula is C19H22N8O2. The number of carbonyl (C=O) groups excluding carboxylic acids is 1. The SMILES string of the molecule is Cc1cc(Nc2ccc(NC(=O)c3cn(C)nn3)cc2)nc(N2CCOCC2)n1. The van der Waals surface area contributed by atoms with Gasteiger partial charge in [0.15, 0.2) is 5.69 Å². The summed E-state index contributed by atoms with van der Waals surface area (Å²) in [5, 5.41) is 13.7. The maximum absolute atomic E-state index is 12.2. The molecule has 4 rings (SSSR count). The van der Waals surface area contributed by atoms with Gasteiger partial charge in [0.05, 0.1) is 19.4 Å². The van der Waals surface area contributed by atoms with E-state index in [0.717, 1.165) is 30.3 Å². The molecule has 1 aliphatic rings. The molecule has 0 radical (unpaired) electrons. The van der Waals surface area contributed by atoms with E-state index >= 15 is 0 Å². The number of benzene rings is 1. The number of morpholine rings is 1. The van der Waals surface area contributed by atoms with Crippen LogP contribution in [0.1, 0.15) is 16.2 Å². The first-order valence-corrected chi connectivity index (χ1v) is 9.30. The Hall–Kier alpha value is -3.53. The molecule has 2 aromatic heterocycles. The Morgan fingerprint density at radius 1 is 1.10 bits per heavy atom. The number of rotatable bonds is 5. The van der Waals surface area contributed by atoms with Crippen molar-refractivity contribution < 1.29 is 9.53 Å². The lowest BCUT2D eigenvalue weighted by Gasteiger charge is -2.27. The van der Waals surface area contributed by atoms with Crippen LogP contribution in [0.15, 0.2) is 36.5 Å². The third-order valence-electron chi connectivity index (χ3n) is 4.39. The highest BCUT2D eigenvalue weighted by molar-refractivity contribution is 6.02. The fourth-order valence-corrected chi connectivity index (χ4v) is 2.95. The van der Waals surface area contributed by atoms with Crippen molar-refractivity contribution in [3.63, 3.8) is 0 Å². The van der Waals surface area contributed by atoms with Crippen molar-refractivity contribution in [1.29, 1.82) is 0 Å². The summed E-state index contributed by atoms with van der Waals surface area (Å²) in [5.41, 5.74) is 2.67. The Bertz CT molecular complexity index is 996. The lowest BCUT2D eigenvalue weighted by Crippen LogP contribution is -2.37. The fourth-order valence-electron chi connectivity index (χ4n) is 2.95. The summed E-state index contributed by atoms with van der Waals surface area (Å²) < 4.78 is 6.88. The average molecular weight is 394 g/mol. The molecule has 0 saturated carbocycles. The van der Waals surface area contributed by atoms with E-state index in [2.05, 4.69) is 35.8 Å². The summed E-state index contributed by atoms with van der Waals surface area (Å²) >= 11 is 0. The van der Waals surface area contributed by atoms with Crippen LogP contribution in [0, 0.1) is 6.92 Å². The number of carbonyl (C=O) groups is 1. The summed E-state index contributed by atoms with van der Waals surface area (Å²) in [6, 6.07) is 9.27. The molecule has 1 amide bonds. The van der Waals surface area contributed by atoms with E-state index < -0.39 is 0 Å². The van der Waals surface area contributed by atoms with Gasteiger partial charge in [0.25, 0.3) is 5.91 Å². The number of nitrogens with zero attached hydrogens (tertiary/aromatic N) is 6. The van der Waals surface area contributed by atoms with Gasteiger partial charge in [-0.3, -0.25) is 9.48 Å². The molecule has 10 heteroatoms. The van der Waals surface area contributed by atoms with Gasteiger partial charge in [-0.1, -0.05) is 5.21 Å². The van der Waals surface area contributed by atoms with Crippen molar-refractivity contribution in [2.45, 2.75) is 6.92 Å². The zero-order valence-electron chi connectivity index (χ0n) is 16.3. The first-order chi connectivity index (χ1) is 14.1. The molecule has 0 unspecified atom stereocenters. The Morgan fingerprint density at radius 2 is 1.83 bits per heavy atom. The number of aryl methyl sites for hydroxylation is 2. The smallest absolute Gasteiger partial charge is 0.277 e. The van der Waals surface area contributed by atoms with Gasteiger partial charge >= 0.3 is 0 Å². The van der Waals surface area contributed by atoms with Gasteiger partial charge in [-0.2, -0.15) is 4.98 Å². The van der Waals surface area contributed by atoms with Crippen molar-refractivity contribution in [2.24, 2.45) is 7.05 Å². The number of aromatic nitrogens is 5. The molecule has 29 heavy (non-hydrogen) atoms. The largest absolute Gasteiger partial charge is 0.378 e. The second-order valence-electron chi connectivity index (χ2n) is 6.73. The number of nitrogens with one attached hydrogen (secondary N) is 2. The quantitative estimate of drug-likeness (QED) is 0.673.